The van der Waals surface area contributed by atoms with E-state index in [-0.39, 0.29) is 0 Å². The second-order valence-electron chi connectivity index (χ2n) is 5.31. The molecule has 0 saturated heterocycles. The monoisotopic (exact) mass is 236 g/mol. The molecule has 0 aliphatic heterocycles. The van der Waals surface area contributed by atoms with Crippen LogP contribution in [-0.2, 0) is 6.42 Å². The fourth-order valence-electron chi connectivity index (χ4n) is 2.63. The third-order valence-corrected chi connectivity index (χ3v) is 3.87. The van der Waals surface area contributed by atoms with Crippen LogP contribution in [0.1, 0.15) is 37.2 Å². The van der Waals surface area contributed by atoms with Crippen molar-refractivity contribution in [3.8, 4) is 0 Å². The van der Waals surface area contributed by atoms with E-state index in [1.807, 2.05) is 13.0 Å². The molecule has 0 aromatic carbocycles. The zero-order valence-electron chi connectivity index (χ0n) is 11.0. The van der Waals surface area contributed by atoms with Crippen molar-refractivity contribution in [1.82, 2.24) is 4.90 Å². The predicted molar refractivity (Wildman–Crippen MR) is 70.0 cm³/mol. The van der Waals surface area contributed by atoms with Gasteiger partial charge in [0.15, 0.2) is 0 Å². The van der Waals surface area contributed by atoms with Gasteiger partial charge in [-0.25, -0.2) is 0 Å². The molecule has 0 atom stereocenters. The average Bonchev–Trinajstić information content (AvgIpc) is 2.73. The van der Waals surface area contributed by atoms with Crippen molar-refractivity contribution in [3.63, 3.8) is 0 Å². The summed E-state index contributed by atoms with van der Waals surface area (Å²) in [6, 6.07) is 5.27. The topological polar surface area (TPSA) is 42.4 Å². The van der Waals surface area contributed by atoms with Gasteiger partial charge in [-0.3, -0.25) is 0 Å². The van der Waals surface area contributed by atoms with Gasteiger partial charge in [-0.2, -0.15) is 0 Å². The van der Waals surface area contributed by atoms with Gasteiger partial charge in [0.2, 0.25) is 0 Å². The Labute approximate surface area is 104 Å². The number of nitrogens with zero attached hydrogens (tertiary/aromatic N) is 1. The van der Waals surface area contributed by atoms with Crippen LogP contribution in [0.3, 0.4) is 0 Å². The Balaban J connectivity index is 1.75. The Morgan fingerprint density at radius 2 is 2.00 bits per heavy atom. The van der Waals surface area contributed by atoms with Crippen molar-refractivity contribution < 1.29 is 4.42 Å². The molecule has 1 aromatic heterocycles. The van der Waals surface area contributed by atoms with Crippen LogP contribution in [-0.4, -0.2) is 30.6 Å². The third kappa shape index (κ3) is 3.58. The van der Waals surface area contributed by atoms with Gasteiger partial charge in [-0.1, -0.05) is 0 Å². The van der Waals surface area contributed by atoms with Crippen molar-refractivity contribution in [2.75, 3.05) is 13.6 Å². The van der Waals surface area contributed by atoms with Gasteiger partial charge in [0, 0.05) is 25.0 Å². The molecule has 1 saturated carbocycles. The molecule has 2 rings (SSSR count). The Morgan fingerprint density at radius 1 is 1.29 bits per heavy atom. The maximum absolute atomic E-state index is 5.93. The van der Waals surface area contributed by atoms with Gasteiger partial charge in [0.25, 0.3) is 0 Å². The second-order valence-corrected chi connectivity index (χ2v) is 5.31. The fraction of sp³-hybridized carbons (Fsp3) is 0.714. The van der Waals surface area contributed by atoms with Crippen LogP contribution in [0.5, 0.6) is 0 Å². The lowest BCUT2D eigenvalue weighted by atomic mass is 9.91. The van der Waals surface area contributed by atoms with Crippen molar-refractivity contribution >= 4 is 0 Å². The van der Waals surface area contributed by atoms with E-state index in [0.29, 0.717) is 12.1 Å². The van der Waals surface area contributed by atoms with Crippen LogP contribution < -0.4 is 5.73 Å². The number of rotatable bonds is 4. The summed E-state index contributed by atoms with van der Waals surface area (Å²) in [6.45, 7) is 3.07. The molecule has 0 bridgehead atoms. The highest BCUT2D eigenvalue weighted by Crippen LogP contribution is 2.21. The normalized spacial score (nSPS) is 25.4. The van der Waals surface area contributed by atoms with Crippen LogP contribution in [0.2, 0.25) is 0 Å². The van der Waals surface area contributed by atoms with Gasteiger partial charge < -0.3 is 15.1 Å². The lowest BCUT2D eigenvalue weighted by Crippen LogP contribution is -2.39. The summed E-state index contributed by atoms with van der Waals surface area (Å²) < 4.78 is 5.59. The molecule has 0 spiro atoms. The van der Waals surface area contributed by atoms with E-state index in [0.717, 1.165) is 24.5 Å². The first kappa shape index (κ1) is 12.7. The molecule has 1 aliphatic carbocycles. The molecule has 3 heteroatoms. The van der Waals surface area contributed by atoms with Crippen LogP contribution in [0.15, 0.2) is 16.5 Å². The minimum absolute atomic E-state index is 0.437. The largest absolute Gasteiger partial charge is 0.466 e. The highest BCUT2D eigenvalue weighted by Gasteiger charge is 2.21. The zero-order chi connectivity index (χ0) is 12.3. The van der Waals surface area contributed by atoms with E-state index in [9.17, 15) is 0 Å². The van der Waals surface area contributed by atoms with Crippen molar-refractivity contribution in [2.45, 2.75) is 51.1 Å². The first-order valence-corrected chi connectivity index (χ1v) is 6.66. The molecule has 2 N–H and O–H groups in total. The number of likely N-dealkylation sites (N-methyl/N-ethyl adjacent to an activating group) is 1. The van der Waals surface area contributed by atoms with E-state index < -0.39 is 0 Å². The summed E-state index contributed by atoms with van der Waals surface area (Å²) in [6.07, 6.45) is 5.85. The summed E-state index contributed by atoms with van der Waals surface area (Å²) in [5.74, 6) is 2.10. The quantitative estimate of drug-likeness (QED) is 0.872. The van der Waals surface area contributed by atoms with Crippen LogP contribution in [0, 0.1) is 6.92 Å². The average molecular weight is 236 g/mol. The maximum Gasteiger partial charge on any atom is 0.105 e. The first-order valence-electron chi connectivity index (χ1n) is 6.66. The molecule has 3 nitrogen and oxygen atoms in total. The molecule has 1 aromatic rings. The smallest absolute Gasteiger partial charge is 0.105 e. The van der Waals surface area contributed by atoms with Gasteiger partial charge in [-0.15, -0.1) is 0 Å². The third-order valence-electron chi connectivity index (χ3n) is 3.87. The first-order chi connectivity index (χ1) is 8.15. The summed E-state index contributed by atoms with van der Waals surface area (Å²) in [4.78, 5) is 2.46. The van der Waals surface area contributed by atoms with Gasteiger partial charge in [-0.05, 0) is 51.8 Å². The molecule has 0 radical (unpaired) electrons. The van der Waals surface area contributed by atoms with Gasteiger partial charge in [0.1, 0.15) is 11.5 Å². The van der Waals surface area contributed by atoms with E-state index in [1.54, 1.807) is 0 Å². The number of hydrogen-bond acceptors (Lipinski definition) is 3. The van der Waals surface area contributed by atoms with Crippen molar-refractivity contribution in [1.29, 1.82) is 0 Å². The van der Waals surface area contributed by atoms with Crippen LogP contribution in [0.25, 0.3) is 0 Å². The van der Waals surface area contributed by atoms with E-state index in [4.69, 9.17) is 10.2 Å². The van der Waals surface area contributed by atoms with Crippen molar-refractivity contribution in [3.05, 3.63) is 23.7 Å². The number of hydrogen-bond donors (Lipinski definition) is 1. The lowest BCUT2D eigenvalue weighted by Gasteiger charge is -2.33. The van der Waals surface area contributed by atoms with Gasteiger partial charge in [0.05, 0.1) is 0 Å². The molecule has 1 fully saturated rings. The Bertz CT molecular complexity index is 340. The summed E-state index contributed by atoms with van der Waals surface area (Å²) in [7, 11) is 2.22. The summed E-state index contributed by atoms with van der Waals surface area (Å²) in [5, 5.41) is 0. The molecule has 1 heterocycles. The fourth-order valence-corrected chi connectivity index (χ4v) is 2.63. The minimum atomic E-state index is 0.437. The molecule has 96 valence electrons. The number of nitrogens with two attached hydrogens (primary N) is 1. The maximum atomic E-state index is 5.93. The summed E-state index contributed by atoms with van der Waals surface area (Å²) in [5.41, 5.74) is 5.93. The molecular weight excluding hydrogens is 212 g/mol. The van der Waals surface area contributed by atoms with Crippen molar-refractivity contribution in [2.24, 2.45) is 5.73 Å². The predicted octanol–water partition coefficient (Wildman–Crippen LogP) is 2.33. The van der Waals surface area contributed by atoms with E-state index in [2.05, 4.69) is 18.0 Å². The highest BCUT2D eigenvalue weighted by molar-refractivity contribution is 5.05. The number of aryl methyl sites for hydroxylation is 1. The summed E-state index contributed by atoms with van der Waals surface area (Å²) >= 11 is 0. The Hall–Kier alpha value is -0.800. The zero-order valence-corrected chi connectivity index (χ0v) is 11.0. The standard InChI is InChI=1S/C14H24N2O/c1-11-3-8-14(17-11)9-10-16(2)13-6-4-12(15)5-7-13/h3,8,12-13H,4-7,9-10,15H2,1-2H3. The lowest BCUT2D eigenvalue weighted by molar-refractivity contribution is 0.182. The molecule has 17 heavy (non-hydrogen) atoms. The SMILES string of the molecule is Cc1ccc(CCN(C)C2CCC(N)CC2)o1. The molecular formula is C14H24N2O. The Morgan fingerprint density at radius 3 is 2.59 bits per heavy atom. The highest BCUT2D eigenvalue weighted by atomic mass is 16.3. The Kier molecular flexibility index (Phi) is 4.24. The van der Waals surface area contributed by atoms with Gasteiger partial charge >= 0.3 is 0 Å². The van der Waals surface area contributed by atoms with E-state index >= 15 is 0 Å². The molecule has 1 aliphatic rings. The van der Waals surface area contributed by atoms with Crippen LogP contribution in [0.4, 0.5) is 0 Å². The van der Waals surface area contributed by atoms with Crippen LogP contribution >= 0.6 is 0 Å². The molecule has 0 amide bonds. The second kappa shape index (κ2) is 5.69. The minimum Gasteiger partial charge on any atom is -0.466 e. The van der Waals surface area contributed by atoms with E-state index in [1.165, 1.54) is 25.7 Å². The number of furan rings is 1. The molecule has 0 unspecified atom stereocenters.